The van der Waals surface area contributed by atoms with E-state index in [1.165, 1.54) is 0 Å². The molecule has 0 radical (unpaired) electrons. The lowest BCUT2D eigenvalue weighted by atomic mass is 9.78. The summed E-state index contributed by atoms with van der Waals surface area (Å²) in [6.07, 6.45) is 3.74. The molecule has 0 aromatic heterocycles. The maximum Gasteiger partial charge on any atom is 0.119 e. The molecule has 0 saturated heterocycles. The van der Waals surface area contributed by atoms with Gasteiger partial charge in [0.25, 0.3) is 0 Å². The fourth-order valence-electron chi connectivity index (χ4n) is 2.90. The first-order valence-corrected chi connectivity index (χ1v) is 7.37. The zero-order valence-electron chi connectivity index (χ0n) is 12.0. The Bertz CT molecular complexity index is 380. The predicted molar refractivity (Wildman–Crippen MR) is 77.4 cm³/mol. The Hall–Kier alpha value is -1.06. The first-order valence-electron chi connectivity index (χ1n) is 7.37. The topological polar surface area (TPSA) is 41.5 Å². The number of hydrogen-bond acceptors (Lipinski definition) is 3. The van der Waals surface area contributed by atoms with Crippen molar-refractivity contribution in [2.45, 2.75) is 51.2 Å². The summed E-state index contributed by atoms with van der Waals surface area (Å²) in [7, 11) is 0. The van der Waals surface area contributed by atoms with Gasteiger partial charge in [-0.2, -0.15) is 0 Å². The van der Waals surface area contributed by atoms with Crippen molar-refractivity contribution in [3.63, 3.8) is 0 Å². The minimum atomic E-state index is -0.656. The molecule has 0 atom stereocenters. The SMILES string of the molecule is CCNC1CCC(O)(c2ccc(OCC)cc2)CC1. The summed E-state index contributed by atoms with van der Waals surface area (Å²) in [6, 6.07) is 8.46. The molecule has 1 aliphatic rings. The van der Waals surface area contributed by atoms with E-state index in [1.54, 1.807) is 0 Å². The van der Waals surface area contributed by atoms with Gasteiger partial charge in [0, 0.05) is 6.04 Å². The minimum Gasteiger partial charge on any atom is -0.494 e. The molecule has 1 aromatic carbocycles. The van der Waals surface area contributed by atoms with Crippen molar-refractivity contribution < 1.29 is 9.84 Å². The third-order valence-corrected chi connectivity index (χ3v) is 4.01. The Morgan fingerprint density at radius 1 is 1.21 bits per heavy atom. The normalized spacial score (nSPS) is 27.2. The molecule has 2 rings (SSSR count). The zero-order chi connectivity index (χ0) is 13.7. The van der Waals surface area contributed by atoms with Crippen molar-refractivity contribution in [3.05, 3.63) is 29.8 Å². The standard InChI is InChI=1S/C16H25NO2/c1-3-17-14-9-11-16(18,12-10-14)13-5-7-15(8-6-13)19-4-2/h5-8,14,17-18H,3-4,9-12H2,1-2H3. The van der Waals surface area contributed by atoms with Gasteiger partial charge in [-0.15, -0.1) is 0 Å². The van der Waals surface area contributed by atoms with E-state index in [2.05, 4.69) is 12.2 Å². The molecule has 3 heteroatoms. The third kappa shape index (κ3) is 3.48. The lowest BCUT2D eigenvalue weighted by molar-refractivity contribution is -0.00818. The highest BCUT2D eigenvalue weighted by Gasteiger charge is 2.34. The van der Waals surface area contributed by atoms with Crippen molar-refractivity contribution in [2.24, 2.45) is 0 Å². The smallest absolute Gasteiger partial charge is 0.119 e. The molecule has 0 aliphatic heterocycles. The largest absolute Gasteiger partial charge is 0.494 e. The minimum absolute atomic E-state index is 0.563. The number of ether oxygens (including phenoxy) is 1. The Morgan fingerprint density at radius 3 is 2.37 bits per heavy atom. The summed E-state index contributed by atoms with van der Waals surface area (Å²) in [5.74, 6) is 0.871. The van der Waals surface area contributed by atoms with Gasteiger partial charge >= 0.3 is 0 Å². The Morgan fingerprint density at radius 2 is 1.84 bits per heavy atom. The second-order valence-corrected chi connectivity index (χ2v) is 5.32. The molecule has 0 unspecified atom stereocenters. The average molecular weight is 263 g/mol. The van der Waals surface area contributed by atoms with Crippen LogP contribution in [0.5, 0.6) is 5.75 Å². The van der Waals surface area contributed by atoms with Crippen molar-refractivity contribution in [2.75, 3.05) is 13.2 Å². The van der Waals surface area contributed by atoms with Crippen molar-refractivity contribution >= 4 is 0 Å². The summed E-state index contributed by atoms with van der Waals surface area (Å²) < 4.78 is 5.44. The highest BCUT2D eigenvalue weighted by atomic mass is 16.5. The van der Waals surface area contributed by atoms with E-state index in [9.17, 15) is 5.11 Å². The van der Waals surface area contributed by atoms with Crippen LogP contribution in [0.4, 0.5) is 0 Å². The molecule has 0 bridgehead atoms. The molecule has 1 saturated carbocycles. The van der Waals surface area contributed by atoms with Crippen LogP contribution in [0.25, 0.3) is 0 Å². The van der Waals surface area contributed by atoms with Crippen molar-refractivity contribution in [1.29, 1.82) is 0 Å². The maximum absolute atomic E-state index is 10.8. The molecular formula is C16H25NO2. The van der Waals surface area contributed by atoms with Crippen LogP contribution in [-0.2, 0) is 5.60 Å². The molecule has 106 valence electrons. The molecule has 0 amide bonds. The summed E-state index contributed by atoms with van der Waals surface area (Å²) in [5.41, 5.74) is 0.363. The Balaban J connectivity index is 2.00. The van der Waals surface area contributed by atoms with Gasteiger partial charge in [0.1, 0.15) is 5.75 Å². The van der Waals surface area contributed by atoms with Gasteiger partial charge in [-0.1, -0.05) is 19.1 Å². The molecular weight excluding hydrogens is 238 g/mol. The number of hydrogen-bond donors (Lipinski definition) is 2. The number of nitrogens with one attached hydrogen (secondary N) is 1. The fraction of sp³-hybridized carbons (Fsp3) is 0.625. The Labute approximate surface area is 116 Å². The molecule has 1 fully saturated rings. The van der Waals surface area contributed by atoms with Crippen LogP contribution in [0.3, 0.4) is 0 Å². The van der Waals surface area contributed by atoms with Crippen LogP contribution in [-0.4, -0.2) is 24.3 Å². The number of benzene rings is 1. The van der Waals surface area contributed by atoms with Gasteiger partial charge in [0.15, 0.2) is 0 Å². The molecule has 3 nitrogen and oxygen atoms in total. The number of aliphatic hydroxyl groups is 1. The molecule has 2 N–H and O–H groups in total. The molecule has 1 aliphatic carbocycles. The summed E-state index contributed by atoms with van der Waals surface area (Å²) in [5, 5.41) is 14.2. The number of rotatable bonds is 5. The van der Waals surface area contributed by atoms with Crippen LogP contribution in [0, 0.1) is 0 Å². The maximum atomic E-state index is 10.8. The zero-order valence-corrected chi connectivity index (χ0v) is 12.0. The van der Waals surface area contributed by atoms with Crippen LogP contribution in [0.1, 0.15) is 45.1 Å². The van der Waals surface area contributed by atoms with Crippen LogP contribution in [0.15, 0.2) is 24.3 Å². The highest BCUT2D eigenvalue weighted by Crippen LogP contribution is 2.37. The van der Waals surface area contributed by atoms with E-state index in [4.69, 9.17) is 4.74 Å². The van der Waals surface area contributed by atoms with Crippen LogP contribution >= 0.6 is 0 Å². The summed E-state index contributed by atoms with van der Waals surface area (Å²) >= 11 is 0. The molecule has 0 heterocycles. The third-order valence-electron chi connectivity index (χ3n) is 4.01. The second kappa shape index (κ2) is 6.40. The Kier molecular flexibility index (Phi) is 4.83. The van der Waals surface area contributed by atoms with Gasteiger partial charge in [-0.3, -0.25) is 0 Å². The molecule has 1 aromatic rings. The first kappa shape index (κ1) is 14.4. The summed E-state index contributed by atoms with van der Waals surface area (Å²) in [4.78, 5) is 0. The van der Waals surface area contributed by atoms with Gasteiger partial charge in [0.2, 0.25) is 0 Å². The highest BCUT2D eigenvalue weighted by molar-refractivity contribution is 5.31. The van der Waals surface area contributed by atoms with E-state index < -0.39 is 5.60 Å². The lowest BCUT2D eigenvalue weighted by Gasteiger charge is -2.36. The molecule has 0 spiro atoms. The molecule has 19 heavy (non-hydrogen) atoms. The quantitative estimate of drug-likeness (QED) is 0.858. The lowest BCUT2D eigenvalue weighted by Crippen LogP contribution is -2.39. The van der Waals surface area contributed by atoms with Gasteiger partial charge < -0.3 is 15.2 Å². The van der Waals surface area contributed by atoms with E-state index in [-0.39, 0.29) is 0 Å². The van der Waals surface area contributed by atoms with Gasteiger partial charge in [-0.05, 0) is 56.8 Å². The van der Waals surface area contributed by atoms with E-state index in [0.717, 1.165) is 43.5 Å². The van der Waals surface area contributed by atoms with E-state index in [0.29, 0.717) is 12.6 Å². The second-order valence-electron chi connectivity index (χ2n) is 5.32. The van der Waals surface area contributed by atoms with E-state index >= 15 is 0 Å². The van der Waals surface area contributed by atoms with Crippen molar-refractivity contribution in [1.82, 2.24) is 5.32 Å². The summed E-state index contributed by atoms with van der Waals surface area (Å²) in [6.45, 7) is 5.79. The van der Waals surface area contributed by atoms with Crippen LogP contribution < -0.4 is 10.1 Å². The van der Waals surface area contributed by atoms with Crippen LogP contribution in [0.2, 0.25) is 0 Å². The van der Waals surface area contributed by atoms with E-state index in [1.807, 2.05) is 31.2 Å². The predicted octanol–water partition coefficient (Wildman–Crippen LogP) is 2.83. The fourth-order valence-corrected chi connectivity index (χ4v) is 2.90. The average Bonchev–Trinajstić information content (AvgIpc) is 2.43. The van der Waals surface area contributed by atoms with Gasteiger partial charge in [0.05, 0.1) is 12.2 Å². The van der Waals surface area contributed by atoms with Gasteiger partial charge in [-0.25, -0.2) is 0 Å². The monoisotopic (exact) mass is 263 g/mol. The first-order chi connectivity index (χ1) is 9.18. The van der Waals surface area contributed by atoms with Crippen molar-refractivity contribution in [3.8, 4) is 5.75 Å².